The predicted molar refractivity (Wildman–Crippen MR) is 126 cm³/mol. The summed E-state index contributed by atoms with van der Waals surface area (Å²) in [5.41, 5.74) is 1.55. The Hall–Kier alpha value is -1.58. The van der Waals surface area contributed by atoms with Gasteiger partial charge in [0.1, 0.15) is 0 Å². The number of imidazole rings is 1. The summed E-state index contributed by atoms with van der Waals surface area (Å²) in [5, 5.41) is 0.772. The van der Waals surface area contributed by atoms with Crippen LogP contribution in [0.4, 0.5) is 0 Å². The van der Waals surface area contributed by atoms with Gasteiger partial charge < -0.3 is 9.47 Å². The van der Waals surface area contributed by atoms with Crippen molar-refractivity contribution < 1.29 is 13.2 Å². The van der Waals surface area contributed by atoms with Crippen LogP contribution in [0.15, 0.2) is 28.3 Å². The van der Waals surface area contributed by atoms with Gasteiger partial charge in [0.05, 0.1) is 21.7 Å². The first-order chi connectivity index (χ1) is 14.8. The molecule has 1 heterocycles. The van der Waals surface area contributed by atoms with Crippen molar-refractivity contribution in [3.63, 3.8) is 0 Å². The molecule has 1 aromatic carbocycles. The first kappa shape index (κ1) is 24.1. The molecule has 1 fully saturated rings. The van der Waals surface area contributed by atoms with Crippen LogP contribution in [0.25, 0.3) is 11.0 Å². The van der Waals surface area contributed by atoms with E-state index in [9.17, 15) is 13.2 Å². The third kappa shape index (κ3) is 5.43. The van der Waals surface area contributed by atoms with Crippen LogP contribution in [0.3, 0.4) is 0 Å². The highest BCUT2D eigenvalue weighted by Gasteiger charge is 2.23. The van der Waals surface area contributed by atoms with Gasteiger partial charge in [0.25, 0.3) is 0 Å². The molecule has 0 radical (unpaired) electrons. The van der Waals surface area contributed by atoms with E-state index >= 15 is 0 Å². The first-order valence-electron chi connectivity index (χ1n) is 11.1. The highest BCUT2D eigenvalue weighted by molar-refractivity contribution is 7.99. The number of benzene rings is 1. The van der Waals surface area contributed by atoms with Crippen molar-refractivity contribution in [1.29, 1.82) is 0 Å². The van der Waals surface area contributed by atoms with E-state index in [1.54, 1.807) is 12.1 Å². The zero-order valence-electron chi connectivity index (χ0n) is 19.0. The summed E-state index contributed by atoms with van der Waals surface area (Å²) in [4.78, 5) is 19.7. The molecule has 0 spiro atoms. The molecule has 31 heavy (non-hydrogen) atoms. The van der Waals surface area contributed by atoms with Crippen LogP contribution in [0.2, 0.25) is 0 Å². The number of nitrogens with zero attached hydrogens (tertiary/aromatic N) is 4. The van der Waals surface area contributed by atoms with Gasteiger partial charge in [-0.3, -0.25) is 4.79 Å². The molecule has 9 heteroatoms. The van der Waals surface area contributed by atoms with E-state index in [0.717, 1.165) is 42.9 Å². The van der Waals surface area contributed by atoms with Crippen LogP contribution >= 0.6 is 11.8 Å². The standard InChI is InChI=1S/C22H34N4O3S2/c1-5-6-14-26-20-13-12-18(31(28,29)24(2)3)15-19(20)23-22(26)30-16-21(27)25(4)17-10-8-7-9-11-17/h12-13,15,17H,5-11,14,16H2,1-4H3. The van der Waals surface area contributed by atoms with E-state index in [4.69, 9.17) is 4.98 Å². The molecule has 7 nitrogen and oxygen atoms in total. The van der Waals surface area contributed by atoms with Gasteiger partial charge in [0, 0.05) is 33.7 Å². The molecule has 0 aliphatic heterocycles. The molecule has 0 saturated heterocycles. The Kier molecular flexibility index (Phi) is 8.04. The van der Waals surface area contributed by atoms with Crippen LogP contribution in [0.5, 0.6) is 0 Å². The monoisotopic (exact) mass is 466 g/mol. The van der Waals surface area contributed by atoms with E-state index in [1.807, 2.05) is 18.0 Å². The van der Waals surface area contributed by atoms with Gasteiger partial charge >= 0.3 is 0 Å². The fourth-order valence-electron chi connectivity index (χ4n) is 4.00. The number of sulfonamides is 1. The van der Waals surface area contributed by atoms with Crippen molar-refractivity contribution >= 4 is 38.7 Å². The van der Waals surface area contributed by atoms with Crippen molar-refractivity contribution in [3.05, 3.63) is 18.2 Å². The number of hydrogen-bond acceptors (Lipinski definition) is 5. The molecule has 0 N–H and O–H groups in total. The van der Waals surface area contributed by atoms with Gasteiger partial charge in [-0.15, -0.1) is 0 Å². The fraction of sp³-hybridized carbons (Fsp3) is 0.636. The van der Waals surface area contributed by atoms with Gasteiger partial charge in [-0.1, -0.05) is 44.4 Å². The molecule has 3 rings (SSSR count). The Bertz CT molecular complexity index is 1010. The lowest BCUT2D eigenvalue weighted by atomic mass is 9.94. The van der Waals surface area contributed by atoms with Gasteiger partial charge in [-0.05, 0) is 37.5 Å². The summed E-state index contributed by atoms with van der Waals surface area (Å²) in [7, 11) is 1.44. The van der Waals surface area contributed by atoms with Crippen molar-refractivity contribution in [2.75, 3.05) is 26.9 Å². The molecule has 1 aromatic heterocycles. The fourth-order valence-corrected chi connectivity index (χ4v) is 5.89. The minimum atomic E-state index is -3.52. The number of carbonyl (C=O) groups is 1. The Labute approximate surface area is 190 Å². The van der Waals surface area contributed by atoms with Gasteiger partial charge in [0.15, 0.2) is 5.16 Å². The zero-order valence-corrected chi connectivity index (χ0v) is 20.6. The minimum Gasteiger partial charge on any atom is -0.342 e. The molecule has 2 aromatic rings. The van der Waals surface area contributed by atoms with Crippen LogP contribution in [0, 0.1) is 0 Å². The Morgan fingerprint density at radius 1 is 1.19 bits per heavy atom. The number of aryl methyl sites for hydroxylation is 1. The van der Waals surface area contributed by atoms with Crippen LogP contribution in [-0.2, 0) is 21.4 Å². The van der Waals surface area contributed by atoms with Gasteiger partial charge in [-0.2, -0.15) is 0 Å². The minimum absolute atomic E-state index is 0.127. The highest BCUT2D eigenvalue weighted by Crippen LogP contribution is 2.28. The Balaban J connectivity index is 1.83. The van der Waals surface area contributed by atoms with Crippen molar-refractivity contribution in [2.24, 2.45) is 0 Å². The summed E-state index contributed by atoms with van der Waals surface area (Å²) in [5.74, 6) is 0.465. The second kappa shape index (κ2) is 10.4. The maximum Gasteiger partial charge on any atom is 0.242 e. The molecular weight excluding hydrogens is 432 g/mol. The molecule has 0 unspecified atom stereocenters. The summed E-state index contributed by atoms with van der Waals surface area (Å²) < 4.78 is 28.4. The smallest absolute Gasteiger partial charge is 0.242 e. The first-order valence-corrected chi connectivity index (χ1v) is 13.5. The molecular formula is C22H34N4O3S2. The normalized spacial score (nSPS) is 15.6. The van der Waals surface area contributed by atoms with E-state index in [1.165, 1.54) is 49.4 Å². The molecule has 1 aliphatic rings. The number of hydrogen-bond donors (Lipinski definition) is 0. The molecule has 0 bridgehead atoms. The van der Waals surface area contributed by atoms with Crippen molar-refractivity contribution in [3.8, 4) is 0 Å². The summed E-state index contributed by atoms with van der Waals surface area (Å²) >= 11 is 1.44. The Morgan fingerprint density at radius 2 is 1.90 bits per heavy atom. The van der Waals surface area contributed by atoms with E-state index < -0.39 is 10.0 Å². The van der Waals surface area contributed by atoms with Crippen LogP contribution < -0.4 is 0 Å². The van der Waals surface area contributed by atoms with E-state index in [-0.39, 0.29) is 10.8 Å². The van der Waals surface area contributed by atoms with Crippen LogP contribution in [0.1, 0.15) is 51.9 Å². The van der Waals surface area contributed by atoms with Crippen LogP contribution in [-0.4, -0.2) is 66.0 Å². The lowest BCUT2D eigenvalue weighted by Gasteiger charge is -2.31. The van der Waals surface area contributed by atoms with Crippen molar-refractivity contribution in [2.45, 2.75) is 74.5 Å². The quantitative estimate of drug-likeness (QED) is 0.523. The number of unbranched alkanes of at least 4 members (excludes halogenated alkanes) is 1. The molecule has 0 atom stereocenters. The lowest BCUT2D eigenvalue weighted by Crippen LogP contribution is -2.39. The van der Waals surface area contributed by atoms with Gasteiger partial charge in [-0.25, -0.2) is 17.7 Å². The summed E-state index contributed by atoms with van der Waals surface area (Å²) in [6.07, 6.45) is 7.87. The predicted octanol–water partition coefficient (Wildman–Crippen LogP) is 3.97. The topological polar surface area (TPSA) is 75.5 Å². The molecule has 1 amide bonds. The molecule has 1 saturated carbocycles. The van der Waals surface area contributed by atoms with E-state index in [2.05, 4.69) is 11.5 Å². The number of aromatic nitrogens is 2. The number of thioether (sulfide) groups is 1. The summed E-state index contributed by atoms with van der Waals surface area (Å²) in [6, 6.07) is 5.44. The van der Waals surface area contributed by atoms with Gasteiger partial charge in [0.2, 0.25) is 15.9 Å². The second-order valence-corrected chi connectivity index (χ2v) is 11.5. The average molecular weight is 467 g/mol. The molecule has 1 aliphatic carbocycles. The SMILES string of the molecule is CCCCn1c(SCC(=O)N(C)C2CCCCC2)nc2cc(S(=O)(=O)N(C)C)ccc21. The maximum atomic E-state index is 12.8. The van der Waals surface area contributed by atoms with Crippen molar-refractivity contribution in [1.82, 2.24) is 18.8 Å². The lowest BCUT2D eigenvalue weighted by molar-refractivity contribution is -0.129. The average Bonchev–Trinajstić information content (AvgIpc) is 3.12. The highest BCUT2D eigenvalue weighted by atomic mass is 32.2. The van der Waals surface area contributed by atoms with E-state index in [0.29, 0.717) is 17.3 Å². The third-order valence-corrected chi connectivity index (χ3v) is 8.81. The zero-order chi connectivity index (χ0) is 22.6. The second-order valence-electron chi connectivity index (χ2n) is 8.42. The maximum absolute atomic E-state index is 12.8. The number of rotatable bonds is 9. The summed E-state index contributed by atoms with van der Waals surface area (Å²) in [6.45, 7) is 2.93. The Morgan fingerprint density at radius 3 is 2.55 bits per heavy atom. The third-order valence-electron chi connectivity index (χ3n) is 6.04. The number of amides is 1. The number of carbonyl (C=O) groups excluding carboxylic acids is 1. The molecule has 172 valence electrons. The largest absolute Gasteiger partial charge is 0.342 e. The number of fused-ring (bicyclic) bond motifs is 1.